The zero-order valence-corrected chi connectivity index (χ0v) is 12.4. The number of aromatic hydroxyl groups is 1. The van der Waals surface area contributed by atoms with Crippen LogP contribution in [0.3, 0.4) is 0 Å². The third-order valence-electron chi connectivity index (χ3n) is 4.08. The topological polar surface area (TPSA) is 70.5 Å². The standard InChI is InChI=1S/C18H11FN2O3/c19-11-3-1-10(2-4-11)9-21-17(23)12-5-6-14(22)16-15(12)13(18(21)24)7-8-20-16/h1-8,22H,9H2. The van der Waals surface area contributed by atoms with Gasteiger partial charge in [-0.1, -0.05) is 12.1 Å². The average molecular weight is 322 g/mol. The Morgan fingerprint density at radius 3 is 2.33 bits per heavy atom. The Morgan fingerprint density at radius 1 is 0.958 bits per heavy atom. The average Bonchev–Trinajstić information content (AvgIpc) is 2.59. The van der Waals surface area contributed by atoms with E-state index in [4.69, 9.17) is 0 Å². The van der Waals surface area contributed by atoms with Gasteiger partial charge in [0.2, 0.25) is 0 Å². The third kappa shape index (κ3) is 2.04. The van der Waals surface area contributed by atoms with E-state index >= 15 is 0 Å². The van der Waals surface area contributed by atoms with Crippen molar-refractivity contribution in [3.8, 4) is 5.75 Å². The normalized spacial score (nSPS) is 13.6. The number of rotatable bonds is 2. The van der Waals surface area contributed by atoms with Crippen LogP contribution in [0.2, 0.25) is 0 Å². The Morgan fingerprint density at radius 2 is 1.62 bits per heavy atom. The van der Waals surface area contributed by atoms with Crippen LogP contribution in [0.25, 0.3) is 10.9 Å². The van der Waals surface area contributed by atoms with Crippen LogP contribution in [0.1, 0.15) is 26.3 Å². The predicted octanol–water partition coefficient (Wildman–Crippen LogP) is 2.88. The number of benzene rings is 2. The van der Waals surface area contributed by atoms with Gasteiger partial charge in [0.1, 0.15) is 17.1 Å². The molecule has 1 aromatic heterocycles. The Bertz CT molecular complexity index is 977. The van der Waals surface area contributed by atoms with Crippen molar-refractivity contribution in [1.29, 1.82) is 0 Å². The van der Waals surface area contributed by atoms with Crippen molar-refractivity contribution in [2.45, 2.75) is 6.54 Å². The molecule has 0 unspecified atom stereocenters. The zero-order chi connectivity index (χ0) is 16.8. The maximum atomic E-state index is 13.0. The molecule has 24 heavy (non-hydrogen) atoms. The van der Waals surface area contributed by atoms with Gasteiger partial charge in [0, 0.05) is 11.6 Å². The van der Waals surface area contributed by atoms with Crippen LogP contribution in [0, 0.1) is 5.82 Å². The maximum Gasteiger partial charge on any atom is 0.261 e. The van der Waals surface area contributed by atoms with Crippen LogP contribution in [-0.2, 0) is 6.54 Å². The summed E-state index contributed by atoms with van der Waals surface area (Å²) in [4.78, 5) is 30.6. The summed E-state index contributed by atoms with van der Waals surface area (Å²) in [5, 5.41) is 10.3. The molecular weight excluding hydrogens is 311 g/mol. The van der Waals surface area contributed by atoms with E-state index in [9.17, 15) is 19.1 Å². The summed E-state index contributed by atoms with van der Waals surface area (Å²) in [6.07, 6.45) is 1.42. The van der Waals surface area contributed by atoms with Crippen molar-refractivity contribution in [3.63, 3.8) is 0 Å². The molecule has 0 saturated carbocycles. The van der Waals surface area contributed by atoms with Gasteiger partial charge in [0.15, 0.2) is 0 Å². The highest BCUT2D eigenvalue weighted by Crippen LogP contribution is 2.33. The van der Waals surface area contributed by atoms with Crippen LogP contribution < -0.4 is 0 Å². The Hall–Kier alpha value is -3.28. The van der Waals surface area contributed by atoms with Gasteiger partial charge in [0.25, 0.3) is 11.8 Å². The van der Waals surface area contributed by atoms with Crippen LogP contribution in [0.5, 0.6) is 5.75 Å². The molecule has 0 radical (unpaired) electrons. The molecule has 0 fully saturated rings. The summed E-state index contributed by atoms with van der Waals surface area (Å²) in [6.45, 7) is 0.0437. The van der Waals surface area contributed by atoms with Crippen LogP contribution >= 0.6 is 0 Å². The van der Waals surface area contributed by atoms with Gasteiger partial charge in [-0.2, -0.15) is 0 Å². The first kappa shape index (κ1) is 14.3. The molecule has 0 bridgehead atoms. The number of imide groups is 1. The van der Waals surface area contributed by atoms with E-state index in [1.807, 2.05) is 0 Å². The number of carbonyl (C=O) groups is 2. The first-order valence-corrected chi connectivity index (χ1v) is 7.27. The number of carbonyl (C=O) groups excluding carboxylic acids is 2. The van der Waals surface area contributed by atoms with E-state index in [0.717, 1.165) is 4.90 Å². The SMILES string of the molecule is O=C1c2ccnc3c(O)ccc(c23)C(=O)N1Cc1ccc(F)cc1. The van der Waals surface area contributed by atoms with E-state index in [-0.39, 0.29) is 23.6 Å². The summed E-state index contributed by atoms with van der Waals surface area (Å²) in [5.74, 6) is -1.39. The molecule has 2 aromatic carbocycles. The van der Waals surface area contributed by atoms with Gasteiger partial charge in [0.05, 0.1) is 17.7 Å². The minimum absolute atomic E-state index is 0.0437. The summed E-state index contributed by atoms with van der Waals surface area (Å²) in [6, 6.07) is 10.0. The van der Waals surface area contributed by atoms with Gasteiger partial charge in [-0.15, -0.1) is 0 Å². The molecular formula is C18H11FN2O3. The fourth-order valence-corrected chi connectivity index (χ4v) is 2.91. The largest absolute Gasteiger partial charge is 0.506 e. The lowest BCUT2D eigenvalue weighted by molar-refractivity contribution is 0.0598. The number of halogens is 1. The molecule has 3 aromatic rings. The van der Waals surface area contributed by atoms with Crippen molar-refractivity contribution >= 4 is 22.7 Å². The molecule has 0 spiro atoms. The lowest BCUT2D eigenvalue weighted by Gasteiger charge is -2.27. The number of hydrogen-bond donors (Lipinski definition) is 1. The van der Waals surface area contributed by atoms with Crippen LogP contribution in [-0.4, -0.2) is 26.8 Å². The number of aromatic nitrogens is 1. The zero-order valence-electron chi connectivity index (χ0n) is 12.4. The van der Waals surface area contributed by atoms with Crippen molar-refractivity contribution in [2.24, 2.45) is 0 Å². The molecule has 2 amide bonds. The predicted molar refractivity (Wildman–Crippen MR) is 84.0 cm³/mol. The molecule has 1 N–H and O–H groups in total. The monoisotopic (exact) mass is 322 g/mol. The molecule has 4 rings (SSSR count). The Labute approximate surface area is 136 Å². The minimum atomic E-state index is -0.463. The lowest BCUT2D eigenvalue weighted by atomic mass is 9.96. The summed E-state index contributed by atoms with van der Waals surface area (Å²) in [7, 11) is 0. The van der Waals surface area contributed by atoms with Crippen LogP contribution in [0.15, 0.2) is 48.7 Å². The second kappa shape index (κ2) is 5.13. The van der Waals surface area contributed by atoms with Crippen LogP contribution in [0.4, 0.5) is 4.39 Å². The van der Waals surface area contributed by atoms with Gasteiger partial charge < -0.3 is 5.11 Å². The van der Waals surface area contributed by atoms with Crippen molar-refractivity contribution in [1.82, 2.24) is 9.88 Å². The molecule has 0 atom stereocenters. The molecule has 1 aliphatic rings. The van der Waals surface area contributed by atoms with E-state index in [0.29, 0.717) is 22.1 Å². The highest BCUT2D eigenvalue weighted by atomic mass is 19.1. The fourth-order valence-electron chi connectivity index (χ4n) is 2.91. The van der Waals surface area contributed by atoms with Crippen molar-refractivity contribution in [3.05, 3.63) is 71.2 Å². The molecule has 1 aliphatic heterocycles. The van der Waals surface area contributed by atoms with E-state index in [1.165, 1.54) is 48.7 Å². The number of phenols is 1. The number of hydrogen-bond acceptors (Lipinski definition) is 4. The fraction of sp³-hybridized carbons (Fsp3) is 0.0556. The van der Waals surface area contributed by atoms with Gasteiger partial charge in [-0.3, -0.25) is 19.5 Å². The summed E-state index contributed by atoms with van der Waals surface area (Å²) < 4.78 is 13.0. The second-order valence-electron chi connectivity index (χ2n) is 5.54. The smallest absolute Gasteiger partial charge is 0.261 e. The number of pyridine rings is 1. The van der Waals surface area contributed by atoms with Crippen molar-refractivity contribution < 1.29 is 19.1 Å². The minimum Gasteiger partial charge on any atom is -0.506 e. The molecule has 6 heteroatoms. The molecule has 118 valence electrons. The molecule has 0 aliphatic carbocycles. The summed E-state index contributed by atoms with van der Waals surface area (Å²) >= 11 is 0. The van der Waals surface area contributed by atoms with Gasteiger partial charge in [-0.05, 0) is 35.9 Å². The Kier molecular flexibility index (Phi) is 3.06. The van der Waals surface area contributed by atoms with Crippen molar-refractivity contribution in [2.75, 3.05) is 0 Å². The van der Waals surface area contributed by atoms with E-state index < -0.39 is 11.8 Å². The molecule has 2 heterocycles. The second-order valence-corrected chi connectivity index (χ2v) is 5.54. The number of phenolic OH excluding ortho intramolecular Hbond substituents is 1. The lowest BCUT2D eigenvalue weighted by Crippen LogP contribution is -2.39. The maximum absolute atomic E-state index is 13.0. The van der Waals surface area contributed by atoms with E-state index in [1.54, 1.807) is 0 Å². The Balaban J connectivity index is 1.83. The quantitative estimate of drug-likeness (QED) is 0.737. The molecule has 5 nitrogen and oxygen atoms in total. The van der Waals surface area contributed by atoms with E-state index in [2.05, 4.69) is 4.98 Å². The summed E-state index contributed by atoms with van der Waals surface area (Å²) in [5.41, 5.74) is 1.50. The first-order valence-electron chi connectivity index (χ1n) is 7.27. The van der Waals surface area contributed by atoms with Gasteiger partial charge >= 0.3 is 0 Å². The van der Waals surface area contributed by atoms with Gasteiger partial charge in [-0.25, -0.2) is 4.39 Å². The highest BCUT2D eigenvalue weighted by molar-refractivity contribution is 6.25. The highest BCUT2D eigenvalue weighted by Gasteiger charge is 2.33. The number of nitrogens with zero attached hydrogens (tertiary/aromatic N) is 2. The molecule has 0 saturated heterocycles. The first-order chi connectivity index (χ1) is 11.6. The third-order valence-corrected chi connectivity index (χ3v) is 4.08. The number of amides is 2.